The summed E-state index contributed by atoms with van der Waals surface area (Å²) in [5, 5.41) is 38.3. The monoisotopic (exact) mass is 322 g/mol. The Bertz CT molecular complexity index is 813. The van der Waals surface area contributed by atoms with Gasteiger partial charge >= 0.3 is 0 Å². The molecule has 5 rings (SSSR count). The number of fused-ring (bicyclic) bond motifs is 2. The number of nitrogens with zero attached hydrogens (tertiary/aromatic N) is 3. The molecular weight excluding hydrogens is 308 g/mol. The minimum absolute atomic E-state index is 0.322. The van der Waals surface area contributed by atoms with Crippen LogP contribution in [0.3, 0.4) is 0 Å². The lowest BCUT2D eigenvalue weighted by Crippen LogP contribution is -2.73. The van der Waals surface area contributed by atoms with Crippen LogP contribution in [0.2, 0.25) is 0 Å². The standard InChI is InChI=1S/C17H14N4O3/c18-8-15(9-19)12-5-1-2-6-17(12)23-13(11-4-3-7-22-11)16(15,10-20)14(21)24-17/h3-4,7,12-13,21H,1-2,5-6H2/t12-,13-,16-,17+/m1/s1. The normalized spacial score (nSPS) is 39.0. The van der Waals surface area contributed by atoms with Gasteiger partial charge in [-0.1, -0.05) is 6.42 Å². The Morgan fingerprint density at radius 1 is 1.17 bits per heavy atom. The summed E-state index contributed by atoms with van der Waals surface area (Å²) in [4.78, 5) is 0. The summed E-state index contributed by atoms with van der Waals surface area (Å²) in [7, 11) is 0. The van der Waals surface area contributed by atoms with Crippen LogP contribution in [0.15, 0.2) is 22.8 Å². The maximum Gasteiger partial charge on any atom is 0.218 e. The second kappa shape index (κ2) is 4.60. The van der Waals surface area contributed by atoms with Crippen molar-refractivity contribution in [2.45, 2.75) is 37.6 Å². The highest BCUT2D eigenvalue weighted by molar-refractivity contribution is 5.88. The van der Waals surface area contributed by atoms with Crippen LogP contribution in [0.4, 0.5) is 0 Å². The van der Waals surface area contributed by atoms with Gasteiger partial charge in [0.15, 0.2) is 10.8 Å². The van der Waals surface area contributed by atoms with E-state index in [2.05, 4.69) is 12.1 Å². The molecule has 0 unspecified atom stereocenters. The molecule has 1 saturated carbocycles. The zero-order valence-corrected chi connectivity index (χ0v) is 12.8. The predicted octanol–water partition coefficient (Wildman–Crippen LogP) is 2.79. The van der Waals surface area contributed by atoms with Crippen LogP contribution >= 0.6 is 0 Å². The third-order valence-electron chi connectivity index (χ3n) is 5.62. The average Bonchev–Trinajstić information content (AvgIpc) is 3.14. The van der Waals surface area contributed by atoms with E-state index >= 15 is 0 Å². The fraction of sp³-hybridized carbons (Fsp3) is 0.529. The van der Waals surface area contributed by atoms with Gasteiger partial charge in [0.2, 0.25) is 11.7 Å². The summed E-state index contributed by atoms with van der Waals surface area (Å²) < 4.78 is 17.3. The van der Waals surface area contributed by atoms with Crippen molar-refractivity contribution in [3.05, 3.63) is 24.2 Å². The zero-order valence-electron chi connectivity index (χ0n) is 12.8. The molecule has 0 aromatic carbocycles. The maximum absolute atomic E-state index is 10.00. The minimum atomic E-state index is -1.85. The quantitative estimate of drug-likeness (QED) is 0.846. The van der Waals surface area contributed by atoms with Crippen LogP contribution in [-0.2, 0) is 9.47 Å². The highest BCUT2D eigenvalue weighted by Crippen LogP contribution is 2.69. The Hall–Kier alpha value is -2.82. The molecule has 1 aliphatic carbocycles. The van der Waals surface area contributed by atoms with Gasteiger partial charge in [0.05, 0.1) is 30.4 Å². The van der Waals surface area contributed by atoms with E-state index in [-0.39, 0.29) is 5.90 Å². The van der Waals surface area contributed by atoms with Gasteiger partial charge in [-0.3, -0.25) is 5.41 Å². The molecule has 7 heteroatoms. The van der Waals surface area contributed by atoms with Crippen molar-refractivity contribution >= 4 is 5.90 Å². The van der Waals surface area contributed by atoms with E-state index in [0.717, 1.165) is 12.8 Å². The van der Waals surface area contributed by atoms with Gasteiger partial charge < -0.3 is 13.9 Å². The highest BCUT2D eigenvalue weighted by atomic mass is 16.7. The topological polar surface area (TPSA) is 127 Å². The molecule has 2 bridgehead atoms. The molecular formula is C17H14N4O3. The Morgan fingerprint density at radius 3 is 2.58 bits per heavy atom. The first kappa shape index (κ1) is 14.8. The van der Waals surface area contributed by atoms with Gasteiger partial charge in [0, 0.05) is 6.42 Å². The van der Waals surface area contributed by atoms with Crippen LogP contribution in [0.1, 0.15) is 37.5 Å². The minimum Gasteiger partial charge on any atom is -0.467 e. The largest absolute Gasteiger partial charge is 0.467 e. The van der Waals surface area contributed by atoms with Gasteiger partial charge in [-0.2, -0.15) is 15.8 Å². The molecule has 0 radical (unpaired) electrons. The van der Waals surface area contributed by atoms with E-state index in [4.69, 9.17) is 19.3 Å². The third kappa shape index (κ3) is 1.36. The fourth-order valence-electron chi connectivity index (χ4n) is 4.54. The van der Waals surface area contributed by atoms with Crippen LogP contribution in [0.5, 0.6) is 0 Å². The Labute approximate surface area is 138 Å². The first-order valence-electron chi connectivity index (χ1n) is 7.83. The SMILES string of the molecule is N#CC1(C#N)[C@H]2CCCC[C@]23OC(=N)[C@@]1(C#N)[C@@H](c1ccco1)O3. The molecule has 1 spiro atoms. The van der Waals surface area contributed by atoms with Crippen molar-refractivity contribution in [2.24, 2.45) is 16.7 Å². The Balaban J connectivity index is 2.03. The number of rotatable bonds is 1. The van der Waals surface area contributed by atoms with Crippen LogP contribution in [-0.4, -0.2) is 11.7 Å². The van der Waals surface area contributed by atoms with Crippen molar-refractivity contribution in [1.82, 2.24) is 0 Å². The number of nitriles is 3. The summed E-state index contributed by atoms with van der Waals surface area (Å²) in [6, 6.07) is 9.47. The molecule has 7 nitrogen and oxygen atoms in total. The fourth-order valence-corrected chi connectivity index (χ4v) is 4.54. The Kier molecular flexibility index (Phi) is 2.83. The molecule has 1 aromatic rings. The molecule has 0 amide bonds. The molecule has 24 heavy (non-hydrogen) atoms. The molecule has 1 N–H and O–H groups in total. The van der Waals surface area contributed by atoms with Crippen molar-refractivity contribution in [3.63, 3.8) is 0 Å². The van der Waals surface area contributed by atoms with Crippen LogP contribution in [0.25, 0.3) is 0 Å². The summed E-state index contributed by atoms with van der Waals surface area (Å²) in [5.41, 5.74) is -3.56. The van der Waals surface area contributed by atoms with Crippen molar-refractivity contribution < 1.29 is 13.9 Å². The van der Waals surface area contributed by atoms with E-state index in [1.165, 1.54) is 6.26 Å². The number of hydrogen-bond donors (Lipinski definition) is 1. The molecule has 3 saturated heterocycles. The van der Waals surface area contributed by atoms with E-state index in [1.807, 2.05) is 6.07 Å². The predicted molar refractivity (Wildman–Crippen MR) is 77.7 cm³/mol. The lowest BCUT2D eigenvalue weighted by Gasteiger charge is -2.63. The molecule has 1 aromatic heterocycles. The van der Waals surface area contributed by atoms with Crippen LogP contribution in [0, 0.1) is 56.2 Å². The second-order valence-corrected chi connectivity index (χ2v) is 6.51. The lowest BCUT2D eigenvalue weighted by atomic mass is 9.48. The van der Waals surface area contributed by atoms with Gasteiger partial charge in [0.25, 0.3) is 0 Å². The molecule has 3 aliphatic heterocycles. The number of ether oxygens (including phenoxy) is 2. The summed E-state index contributed by atoms with van der Waals surface area (Å²) in [5.74, 6) is -1.85. The van der Waals surface area contributed by atoms with Crippen LogP contribution < -0.4 is 0 Å². The van der Waals surface area contributed by atoms with Crippen molar-refractivity contribution in [1.29, 1.82) is 21.2 Å². The van der Waals surface area contributed by atoms with E-state index in [9.17, 15) is 15.8 Å². The molecule has 4 fully saturated rings. The van der Waals surface area contributed by atoms with Crippen molar-refractivity contribution in [3.8, 4) is 18.2 Å². The van der Waals surface area contributed by atoms with Gasteiger partial charge in [-0.05, 0) is 25.0 Å². The Morgan fingerprint density at radius 2 is 1.96 bits per heavy atom. The molecule has 120 valence electrons. The number of nitrogens with one attached hydrogen (secondary N) is 1. The van der Waals surface area contributed by atoms with E-state index in [1.54, 1.807) is 12.1 Å². The second-order valence-electron chi connectivity index (χ2n) is 6.51. The third-order valence-corrected chi connectivity index (χ3v) is 5.62. The lowest BCUT2D eigenvalue weighted by molar-refractivity contribution is -0.363. The summed E-state index contributed by atoms with van der Waals surface area (Å²) in [6.45, 7) is 0. The maximum atomic E-state index is 10.00. The first-order valence-corrected chi connectivity index (χ1v) is 7.83. The van der Waals surface area contributed by atoms with Gasteiger partial charge in [0.1, 0.15) is 11.9 Å². The number of furan rings is 1. The molecule has 4 aliphatic rings. The average molecular weight is 322 g/mol. The summed E-state index contributed by atoms with van der Waals surface area (Å²) >= 11 is 0. The highest BCUT2D eigenvalue weighted by Gasteiger charge is 2.80. The molecule has 4 atom stereocenters. The van der Waals surface area contributed by atoms with Gasteiger partial charge in [-0.25, -0.2) is 0 Å². The van der Waals surface area contributed by atoms with E-state index in [0.29, 0.717) is 18.6 Å². The smallest absolute Gasteiger partial charge is 0.218 e. The number of hydrogen-bond acceptors (Lipinski definition) is 7. The summed E-state index contributed by atoms with van der Waals surface area (Å²) in [6.07, 6.45) is 3.07. The van der Waals surface area contributed by atoms with Gasteiger partial charge in [-0.15, -0.1) is 0 Å². The van der Waals surface area contributed by atoms with Crippen molar-refractivity contribution in [2.75, 3.05) is 0 Å². The zero-order chi connectivity index (χ0) is 17.0. The first-order chi connectivity index (χ1) is 11.6. The van der Waals surface area contributed by atoms with E-state index < -0.39 is 28.6 Å². The molecule has 4 heterocycles.